The summed E-state index contributed by atoms with van der Waals surface area (Å²) >= 11 is 0. The summed E-state index contributed by atoms with van der Waals surface area (Å²) in [6.45, 7) is 22.6. The molecule has 1 aliphatic rings. The molecule has 5 nitrogen and oxygen atoms in total. The topological polar surface area (TPSA) is 25.0 Å². The van der Waals surface area contributed by atoms with E-state index in [1.807, 2.05) is 0 Å². The number of hydrogen-bond donors (Lipinski definition) is 1. The van der Waals surface area contributed by atoms with Gasteiger partial charge in [0.15, 0.2) is 0 Å². The summed E-state index contributed by atoms with van der Waals surface area (Å²) in [5, 5.41) is 7.95. The van der Waals surface area contributed by atoms with Gasteiger partial charge in [0.2, 0.25) is 0 Å². The highest BCUT2D eigenvalue weighted by atomic mass is 15.7. The molecular formula is C64H135N5. The minimum atomic E-state index is 1.16. The zero-order valence-electron chi connectivity index (χ0n) is 49.3. The first-order chi connectivity index (χ1) is 34.1. The Morgan fingerprint density at radius 3 is 0.739 bits per heavy atom. The second-order valence-electron chi connectivity index (χ2n) is 22.7. The van der Waals surface area contributed by atoms with E-state index in [2.05, 4.69) is 67.0 Å². The first-order valence-corrected chi connectivity index (χ1v) is 32.8. The van der Waals surface area contributed by atoms with Crippen LogP contribution >= 0.6 is 0 Å². The van der Waals surface area contributed by atoms with Crippen LogP contribution in [0.1, 0.15) is 349 Å². The van der Waals surface area contributed by atoms with Crippen LogP contribution < -0.4 is 5.43 Å². The predicted octanol–water partition coefficient (Wildman–Crippen LogP) is 20.5. The van der Waals surface area contributed by atoms with E-state index in [1.54, 1.807) is 0 Å². The monoisotopic (exact) mass is 974 g/mol. The molecule has 5 heteroatoms. The Bertz CT molecular complexity index is 863. The van der Waals surface area contributed by atoms with Crippen molar-refractivity contribution in [3.05, 3.63) is 0 Å². The van der Waals surface area contributed by atoms with Crippen LogP contribution in [0.4, 0.5) is 0 Å². The fraction of sp³-hybridized carbons (Fsp3) is 1.00. The Labute approximate surface area is 438 Å². The van der Waals surface area contributed by atoms with E-state index in [9.17, 15) is 0 Å². The number of nitrogens with one attached hydrogen (secondary N) is 1. The van der Waals surface area contributed by atoms with Crippen molar-refractivity contribution in [1.29, 1.82) is 0 Å². The minimum Gasteiger partial charge on any atom is -0.306 e. The predicted molar refractivity (Wildman–Crippen MR) is 315 cm³/mol. The van der Waals surface area contributed by atoms with Gasteiger partial charge in [0, 0.05) is 45.8 Å². The van der Waals surface area contributed by atoms with E-state index >= 15 is 0 Å². The normalized spacial score (nSPS) is 13.6. The van der Waals surface area contributed by atoms with Gasteiger partial charge in [-0.05, 0) is 52.2 Å². The molecule has 0 aromatic rings. The van der Waals surface area contributed by atoms with Crippen molar-refractivity contribution in [2.45, 2.75) is 349 Å². The van der Waals surface area contributed by atoms with Crippen LogP contribution in [0.3, 0.4) is 0 Å². The van der Waals surface area contributed by atoms with E-state index in [4.69, 9.17) is 0 Å². The molecule has 0 amide bonds. The molecule has 0 spiro atoms. The van der Waals surface area contributed by atoms with Crippen molar-refractivity contribution < 1.29 is 0 Å². The lowest BCUT2D eigenvalue weighted by atomic mass is 10.0. The standard InChI is InChI=1S/C35H74N4.C29H61N/c1-4-7-10-13-16-17-18-19-20-21-23-26-29-36-37-32-34-39(35-33-37)38(30-27-24-15-12-9-6-3)31-28-25-22-14-11-8-5-2;1-4-6-8-10-12-14-16-18-20-22-24-26-28-30(3)29-27-25-23-21-19-17-15-13-11-9-7-5-2/h36H,4-35H2,1-3H3;4-29H2,1-3H3. The van der Waals surface area contributed by atoms with Crippen LogP contribution in [0.2, 0.25) is 0 Å². The van der Waals surface area contributed by atoms with Gasteiger partial charge in [-0.25, -0.2) is 15.0 Å². The number of rotatable bonds is 56. The average molecular weight is 975 g/mol. The number of hydrazine groups is 2. The van der Waals surface area contributed by atoms with Gasteiger partial charge in [0.05, 0.1) is 0 Å². The van der Waals surface area contributed by atoms with E-state index < -0.39 is 0 Å². The maximum Gasteiger partial charge on any atom is 0.0275 e. The molecule has 0 aliphatic carbocycles. The minimum absolute atomic E-state index is 1.16. The maximum atomic E-state index is 3.75. The van der Waals surface area contributed by atoms with Crippen LogP contribution in [-0.4, -0.2) is 85.9 Å². The SMILES string of the molecule is CCCCCCCCCCCCCCN(C)CCCCCCCCCCCCCC.CCCCCCCCCCCCCCNN1CCN(N(CCCCCCCC)CCCCCCCCC)CC1. The molecule has 416 valence electrons. The maximum absolute atomic E-state index is 3.75. The van der Waals surface area contributed by atoms with Gasteiger partial charge in [0.1, 0.15) is 0 Å². The molecule has 1 rings (SSSR count). The molecular weight excluding hydrogens is 839 g/mol. The lowest BCUT2D eigenvalue weighted by Gasteiger charge is -2.41. The van der Waals surface area contributed by atoms with Crippen LogP contribution in [-0.2, 0) is 0 Å². The number of piperazine rings is 1. The molecule has 1 aliphatic heterocycles. The van der Waals surface area contributed by atoms with Gasteiger partial charge in [-0.2, -0.15) is 0 Å². The fourth-order valence-electron chi connectivity index (χ4n) is 10.6. The molecule has 0 aromatic heterocycles. The Morgan fingerprint density at radius 1 is 0.261 bits per heavy atom. The summed E-state index contributed by atoms with van der Waals surface area (Å²) in [4.78, 5) is 2.58. The largest absolute Gasteiger partial charge is 0.306 e. The smallest absolute Gasteiger partial charge is 0.0275 e. The van der Waals surface area contributed by atoms with Gasteiger partial charge < -0.3 is 4.90 Å². The number of nitrogens with zero attached hydrogens (tertiary/aromatic N) is 4. The summed E-state index contributed by atoms with van der Waals surface area (Å²) in [6.07, 6.45) is 70.3. The Morgan fingerprint density at radius 2 is 0.478 bits per heavy atom. The molecule has 0 saturated carbocycles. The molecule has 1 N–H and O–H groups in total. The van der Waals surface area contributed by atoms with Crippen molar-refractivity contribution in [3.8, 4) is 0 Å². The second kappa shape index (κ2) is 60.4. The molecule has 0 radical (unpaired) electrons. The van der Waals surface area contributed by atoms with Crippen molar-refractivity contribution >= 4 is 0 Å². The molecule has 69 heavy (non-hydrogen) atoms. The third kappa shape index (κ3) is 53.9. The molecule has 0 aromatic carbocycles. The van der Waals surface area contributed by atoms with Crippen LogP contribution in [0.25, 0.3) is 0 Å². The Balaban J connectivity index is 0.00000139. The lowest BCUT2D eigenvalue weighted by molar-refractivity contribution is -0.0682. The zero-order valence-corrected chi connectivity index (χ0v) is 49.3. The van der Waals surface area contributed by atoms with Crippen LogP contribution in [0.5, 0.6) is 0 Å². The van der Waals surface area contributed by atoms with Crippen molar-refractivity contribution in [3.63, 3.8) is 0 Å². The third-order valence-corrected chi connectivity index (χ3v) is 15.6. The third-order valence-electron chi connectivity index (χ3n) is 15.6. The zero-order chi connectivity index (χ0) is 50.0. The summed E-state index contributed by atoms with van der Waals surface area (Å²) in [6, 6.07) is 0. The highest BCUT2D eigenvalue weighted by Gasteiger charge is 2.21. The molecule has 0 bridgehead atoms. The van der Waals surface area contributed by atoms with E-state index in [0.717, 1.165) is 6.54 Å². The van der Waals surface area contributed by atoms with Gasteiger partial charge >= 0.3 is 0 Å². The van der Waals surface area contributed by atoms with Crippen molar-refractivity contribution in [1.82, 2.24) is 25.4 Å². The Kier molecular flexibility index (Phi) is 60.2. The first kappa shape index (κ1) is 68.8. The number of hydrogen-bond acceptors (Lipinski definition) is 5. The van der Waals surface area contributed by atoms with Gasteiger partial charge in [-0.15, -0.1) is 0 Å². The molecule has 1 saturated heterocycles. The lowest BCUT2D eigenvalue weighted by Crippen LogP contribution is -2.57. The summed E-state index contributed by atoms with van der Waals surface area (Å²) in [7, 11) is 2.33. The molecule has 1 heterocycles. The molecule has 0 atom stereocenters. The van der Waals surface area contributed by atoms with Crippen LogP contribution in [0, 0.1) is 0 Å². The van der Waals surface area contributed by atoms with E-state index in [1.165, 1.54) is 367 Å². The Hall–Kier alpha value is -0.200. The van der Waals surface area contributed by atoms with Gasteiger partial charge in [-0.3, -0.25) is 5.43 Å². The molecule has 0 unspecified atom stereocenters. The average Bonchev–Trinajstić information content (AvgIpc) is 3.36. The summed E-state index contributed by atoms with van der Waals surface area (Å²) in [5.74, 6) is 0. The quantitative estimate of drug-likeness (QED) is 0.0613. The first-order valence-electron chi connectivity index (χ1n) is 32.8. The van der Waals surface area contributed by atoms with Gasteiger partial charge in [0.25, 0.3) is 0 Å². The number of unbranched alkanes of at least 4 members (excludes halogenated alkanes) is 44. The summed E-state index contributed by atoms with van der Waals surface area (Å²) < 4.78 is 0. The second-order valence-corrected chi connectivity index (χ2v) is 22.7. The van der Waals surface area contributed by atoms with Crippen molar-refractivity contribution in [2.24, 2.45) is 0 Å². The highest BCUT2D eigenvalue weighted by Crippen LogP contribution is 2.17. The van der Waals surface area contributed by atoms with Crippen LogP contribution in [0.15, 0.2) is 0 Å². The fourth-order valence-corrected chi connectivity index (χ4v) is 10.6. The van der Waals surface area contributed by atoms with E-state index in [-0.39, 0.29) is 0 Å². The molecule has 1 fully saturated rings. The van der Waals surface area contributed by atoms with Gasteiger partial charge in [-0.1, -0.05) is 317 Å². The van der Waals surface area contributed by atoms with Crippen molar-refractivity contribution in [2.75, 3.05) is 66.0 Å². The van der Waals surface area contributed by atoms with E-state index in [0.29, 0.717) is 0 Å². The summed E-state index contributed by atoms with van der Waals surface area (Å²) in [5.41, 5.74) is 3.75. The highest BCUT2D eigenvalue weighted by molar-refractivity contribution is 4.70.